The van der Waals surface area contributed by atoms with Gasteiger partial charge in [0.1, 0.15) is 0 Å². The zero-order chi connectivity index (χ0) is 21.4. The molecule has 0 N–H and O–H groups in total. The number of nitrogens with zero attached hydrogens (tertiary/aromatic N) is 2. The van der Waals surface area contributed by atoms with Gasteiger partial charge in [0.05, 0.1) is 0 Å². The summed E-state index contributed by atoms with van der Waals surface area (Å²) in [6, 6.07) is 4.60. The zero-order valence-electron chi connectivity index (χ0n) is 14.8. The van der Waals surface area contributed by atoms with Gasteiger partial charge < -0.3 is 4.55 Å². The van der Waals surface area contributed by atoms with Gasteiger partial charge >= 0.3 is 159 Å². The Balaban J connectivity index is 0.000000258. The predicted octanol–water partition coefficient (Wildman–Crippen LogP) is 2.23. The fourth-order valence-corrected chi connectivity index (χ4v) is 11.6. The van der Waals surface area contributed by atoms with Crippen molar-refractivity contribution in [3.8, 4) is 0 Å². The van der Waals surface area contributed by atoms with Crippen molar-refractivity contribution in [2.24, 2.45) is 7.05 Å². The summed E-state index contributed by atoms with van der Waals surface area (Å²) < 4.78 is 67.5. The molecule has 4 heterocycles. The number of rotatable bonds is 2. The Bertz CT molecular complexity index is 1190. The molecule has 29 heavy (non-hydrogen) atoms. The van der Waals surface area contributed by atoms with E-state index >= 15 is 0 Å². The number of allylic oxidation sites excluding steroid dienone is 2. The van der Waals surface area contributed by atoms with Crippen molar-refractivity contribution >= 4 is 97.1 Å². The molecule has 4 rings (SSSR count). The monoisotopic (exact) mass is 694 g/mol. The van der Waals surface area contributed by atoms with E-state index in [1.54, 1.807) is 7.01 Å². The number of alkyl halides is 3. The molecule has 0 atom stereocenters. The molecule has 1 aliphatic rings. The van der Waals surface area contributed by atoms with Crippen LogP contribution in [0.15, 0.2) is 38.8 Å². The first-order valence-electron chi connectivity index (χ1n) is 7.74. The smallest absolute Gasteiger partial charge is 0.485 e. The van der Waals surface area contributed by atoms with Crippen molar-refractivity contribution in [1.82, 2.24) is 0 Å². The van der Waals surface area contributed by atoms with Crippen molar-refractivity contribution < 1.29 is 30.7 Å². The molecule has 0 saturated heterocycles. The van der Waals surface area contributed by atoms with Gasteiger partial charge in [0.25, 0.3) is 0 Å². The average molecular weight is 690 g/mol. The van der Waals surface area contributed by atoms with Crippen LogP contribution in [0.2, 0.25) is 0 Å². The van der Waals surface area contributed by atoms with E-state index in [4.69, 9.17) is 13.0 Å². The van der Waals surface area contributed by atoms with Gasteiger partial charge in [0.2, 0.25) is 0 Å². The van der Waals surface area contributed by atoms with Gasteiger partial charge in [-0.1, -0.05) is 0 Å². The van der Waals surface area contributed by atoms with E-state index in [1.807, 2.05) is 22.7 Å². The number of aryl methyl sites for hydroxylation is 1. The quantitative estimate of drug-likeness (QED) is 0.179. The van der Waals surface area contributed by atoms with Crippen LogP contribution in [-0.4, -0.2) is 66.9 Å². The van der Waals surface area contributed by atoms with Crippen molar-refractivity contribution in [3.63, 3.8) is 0 Å². The summed E-state index contributed by atoms with van der Waals surface area (Å²) in [6.07, 6.45) is 6.92. The fraction of sp³-hybridized carbons (Fsp3) is 0.188. The molecule has 0 fully saturated rings. The molecule has 0 spiro atoms. The Morgan fingerprint density at radius 1 is 1.24 bits per heavy atom. The number of thiophene rings is 2. The number of fused-ring (bicyclic) bond motifs is 2. The number of anilines is 1. The third kappa shape index (κ3) is 5.28. The summed E-state index contributed by atoms with van der Waals surface area (Å²) in [4.78, 5) is 3.84. The molecule has 0 unspecified atom stereocenters. The topological polar surface area (TPSA) is 64.3 Å². The number of aromatic nitrogens is 1. The summed E-state index contributed by atoms with van der Waals surface area (Å²) >= 11 is 3.38. The number of halogens is 3. The molecule has 1 aliphatic heterocycles. The number of hydrogen-bond donors (Lipinski definition) is 0. The maximum absolute atomic E-state index is 10.7. The zero-order valence-corrected chi connectivity index (χ0v) is 21.9. The van der Waals surface area contributed by atoms with Crippen molar-refractivity contribution in [2.75, 3.05) is 11.9 Å². The molecular weight excluding hydrogens is 677 g/mol. The standard InChI is InChI=1S/C15H13N2S2Te2.CHF3O3S/c1-16-12(20-10-6-8-18-14(10)16)4-3-5-13-17(2)15-11(21-13)7-9-19-15;2-1(3,4)8(5,6)7/h3-9H,1-2H3;(H,5,6,7)/q+1;/p-1. The van der Waals surface area contributed by atoms with Gasteiger partial charge in [-0.2, -0.15) is 13.2 Å². The molecule has 13 heteroatoms. The Morgan fingerprint density at radius 3 is 2.48 bits per heavy atom. The van der Waals surface area contributed by atoms with E-state index in [1.165, 1.54) is 17.3 Å². The first kappa shape index (κ1) is 23.3. The third-order valence-electron chi connectivity index (χ3n) is 3.68. The minimum atomic E-state index is -6.09. The van der Waals surface area contributed by atoms with E-state index in [0.717, 1.165) is 0 Å². The van der Waals surface area contributed by atoms with E-state index in [2.05, 4.69) is 64.7 Å². The van der Waals surface area contributed by atoms with Gasteiger partial charge in [0, 0.05) is 0 Å². The molecule has 0 saturated carbocycles. The first-order chi connectivity index (χ1) is 13.5. The van der Waals surface area contributed by atoms with Crippen LogP contribution < -0.4 is 13.1 Å². The molecule has 0 bridgehead atoms. The van der Waals surface area contributed by atoms with Crippen LogP contribution in [0.4, 0.5) is 18.2 Å². The largest absolute Gasteiger partial charge is 0.741 e. The molecular formula is C16H13F3N2O3S3Te2. The van der Waals surface area contributed by atoms with Gasteiger partial charge in [-0.15, -0.1) is 0 Å². The second-order valence-corrected chi connectivity index (χ2v) is 14.8. The van der Waals surface area contributed by atoms with Gasteiger partial charge in [-0.05, 0) is 0 Å². The summed E-state index contributed by atoms with van der Waals surface area (Å²) in [5.41, 5.74) is -5.65. The van der Waals surface area contributed by atoms with Crippen molar-refractivity contribution in [2.45, 2.75) is 5.51 Å². The van der Waals surface area contributed by atoms with Gasteiger partial charge in [-0.3, -0.25) is 0 Å². The van der Waals surface area contributed by atoms with Crippen LogP contribution in [0, 0.1) is 0 Å². The normalized spacial score (nSPS) is 15.9. The summed E-state index contributed by atoms with van der Waals surface area (Å²) in [5.74, 6) is 0. The van der Waals surface area contributed by atoms with Crippen LogP contribution >= 0.6 is 22.7 Å². The second-order valence-electron chi connectivity index (χ2n) is 5.60. The van der Waals surface area contributed by atoms with E-state index in [0.29, 0.717) is 0 Å². The molecule has 156 valence electrons. The molecule has 5 nitrogen and oxygen atoms in total. The molecule has 0 aliphatic carbocycles. The van der Waals surface area contributed by atoms with Crippen LogP contribution in [0.1, 0.15) is 3.71 Å². The van der Waals surface area contributed by atoms with Crippen molar-refractivity contribution in [3.05, 3.63) is 42.5 Å². The maximum Gasteiger partial charge on any atom is 0.485 e. The Morgan fingerprint density at radius 2 is 1.90 bits per heavy atom. The number of hydrogen-bond acceptors (Lipinski definition) is 6. The first-order valence-corrected chi connectivity index (χ1v) is 15.6. The average Bonchev–Trinajstić information content (AvgIpc) is 3.34. The molecule has 0 amide bonds. The van der Waals surface area contributed by atoms with E-state index < -0.39 is 15.6 Å². The third-order valence-corrected chi connectivity index (χ3v) is 13.7. The Labute approximate surface area is 193 Å². The fourth-order valence-electron chi connectivity index (χ4n) is 2.29. The minimum absolute atomic E-state index is 0.176. The van der Waals surface area contributed by atoms with Gasteiger partial charge in [0.15, 0.2) is 10.1 Å². The SMILES string of the molecule is CN1C(=CC=Cc2[te]c3ccsc3[n+]2C)[Te]c2ccsc21.O=S(=O)([O-])C(F)(F)F. The molecule has 0 aromatic carbocycles. The predicted molar refractivity (Wildman–Crippen MR) is 111 cm³/mol. The Kier molecular flexibility index (Phi) is 7.24. The van der Waals surface area contributed by atoms with Crippen molar-refractivity contribution in [1.29, 1.82) is 0 Å². The van der Waals surface area contributed by atoms with E-state index in [-0.39, 0.29) is 41.4 Å². The Hall–Kier alpha value is -0.371. The van der Waals surface area contributed by atoms with Crippen LogP contribution in [0.25, 0.3) is 14.3 Å². The van der Waals surface area contributed by atoms with Gasteiger partial charge in [-0.25, -0.2) is 8.42 Å². The van der Waals surface area contributed by atoms with E-state index in [9.17, 15) is 13.2 Å². The summed E-state index contributed by atoms with van der Waals surface area (Å²) in [7, 11) is -1.69. The van der Waals surface area contributed by atoms with Crippen LogP contribution in [-0.2, 0) is 17.2 Å². The molecule has 0 radical (unpaired) electrons. The second kappa shape index (κ2) is 9.01. The summed E-state index contributed by atoms with van der Waals surface area (Å²) in [5, 5.41) is 5.88. The molecule has 3 aromatic heterocycles. The van der Waals surface area contributed by atoms with Crippen LogP contribution in [0.3, 0.4) is 0 Å². The molecule has 3 aromatic rings. The summed E-state index contributed by atoms with van der Waals surface area (Å²) in [6.45, 7) is 0. The maximum atomic E-state index is 10.7. The minimum Gasteiger partial charge on any atom is -0.741 e. The van der Waals surface area contributed by atoms with Crippen LogP contribution in [0.5, 0.6) is 0 Å².